The van der Waals surface area contributed by atoms with Crippen LogP contribution in [0.15, 0.2) is 54.6 Å². The molecule has 0 amide bonds. The van der Waals surface area contributed by atoms with Gasteiger partial charge in [0.15, 0.2) is 0 Å². The Labute approximate surface area is 141 Å². The van der Waals surface area contributed by atoms with Crippen LogP contribution >= 0.6 is 0 Å². The number of fused-ring (bicyclic) bond motifs is 1. The second kappa shape index (κ2) is 6.67. The summed E-state index contributed by atoms with van der Waals surface area (Å²) in [5.74, 6) is 0. The highest BCUT2D eigenvalue weighted by molar-refractivity contribution is 5.84. The molecule has 0 aromatic heterocycles. The Morgan fingerprint density at radius 2 is 1.79 bits per heavy atom. The van der Waals surface area contributed by atoms with E-state index in [9.17, 15) is 10.1 Å². The summed E-state index contributed by atoms with van der Waals surface area (Å²) in [5.41, 5.74) is 6.15. The fourth-order valence-corrected chi connectivity index (χ4v) is 3.12. The van der Waals surface area contributed by atoms with Gasteiger partial charge in [-0.25, -0.2) is 0 Å². The number of rotatable bonds is 3. The molecule has 0 saturated heterocycles. The lowest BCUT2D eigenvalue weighted by Crippen LogP contribution is -1.95. The quantitative estimate of drug-likeness (QED) is 0.536. The first kappa shape index (κ1) is 15.9. The third kappa shape index (κ3) is 3.20. The second-order valence-electron chi connectivity index (χ2n) is 5.98. The number of hydrogen-bond donors (Lipinski definition) is 0. The van der Waals surface area contributed by atoms with E-state index >= 15 is 0 Å². The molecule has 2 aromatic carbocycles. The highest BCUT2D eigenvalue weighted by Gasteiger charge is 2.14. The molecular formula is C21H19NO2. The number of hydrogen-bond acceptors (Lipinski definition) is 2. The normalized spacial score (nSPS) is 13.5. The van der Waals surface area contributed by atoms with Crippen molar-refractivity contribution in [1.29, 1.82) is 0 Å². The van der Waals surface area contributed by atoms with Gasteiger partial charge < -0.3 is 0 Å². The standard InChI is InChI=1S/C21H19NO2/c1-15-13-17(14-16(2)21(15)22(23)24)11-12-19-9-4-3-7-18-8-5-6-10-20(18)19/h3,5-14H,4H2,1-2H3/b12-11+. The van der Waals surface area contributed by atoms with Crippen molar-refractivity contribution < 1.29 is 4.92 Å². The lowest BCUT2D eigenvalue weighted by molar-refractivity contribution is -0.386. The van der Waals surface area contributed by atoms with E-state index in [4.69, 9.17) is 0 Å². The van der Waals surface area contributed by atoms with Crippen LogP contribution in [0, 0.1) is 24.0 Å². The van der Waals surface area contributed by atoms with Gasteiger partial charge in [0.2, 0.25) is 0 Å². The molecule has 1 aliphatic carbocycles. The van der Waals surface area contributed by atoms with E-state index in [2.05, 4.69) is 36.4 Å². The predicted octanol–water partition coefficient (Wildman–Crippen LogP) is 5.73. The van der Waals surface area contributed by atoms with Crippen LogP contribution in [0.2, 0.25) is 0 Å². The van der Waals surface area contributed by atoms with Crippen molar-refractivity contribution in [2.45, 2.75) is 20.3 Å². The predicted molar refractivity (Wildman–Crippen MR) is 99.7 cm³/mol. The lowest BCUT2D eigenvalue weighted by atomic mass is 9.98. The largest absolute Gasteiger partial charge is 0.275 e. The molecule has 0 N–H and O–H groups in total. The number of nitrogens with zero attached hydrogens (tertiary/aromatic N) is 1. The molecule has 2 aromatic rings. The summed E-state index contributed by atoms with van der Waals surface area (Å²) < 4.78 is 0. The average Bonchev–Trinajstić information content (AvgIpc) is 2.74. The van der Waals surface area contributed by atoms with Crippen LogP contribution in [0.4, 0.5) is 5.69 Å². The summed E-state index contributed by atoms with van der Waals surface area (Å²) in [6, 6.07) is 12.0. The van der Waals surface area contributed by atoms with E-state index in [0.29, 0.717) is 11.1 Å². The molecule has 1 aliphatic rings. The van der Waals surface area contributed by atoms with Gasteiger partial charge in [-0.1, -0.05) is 54.6 Å². The van der Waals surface area contributed by atoms with Gasteiger partial charge >= 0.3 is 0 Å². The third-order valence-electron chi connectivity index (χ3n) is 4.19. The molecule has 24 heavy (non-hydrogen) atoms. The zero-order valence-electron chi connectivity index (χ0n) is 13.8. The minimum atomic E-state index is -0.312. The molecule has 0 radical (unpaired) electrons. The van der Waals surface area contributed by atoms with Crippen LogP contribution in [0.5, 0.6) is 0 Å². The average molecular weight is 317 g/mol. The molecule has 3 heteroatoms. The number of allylic oxidation sites excluding steroid dienone is 4. The van der Waals surface area contributed by atoms with Gasteiger partial charge in [-0.15, -0.1) is 0 Å². The van der Waals surface area contributed by atoms with E-state index in [1.165, 1.54) is 16.7 Å². The van der Waals surface area contributed by atoms with Crippen LogP contribution in [-0.4, -0.2) is 4.92 Å². The van der Waals surface area contributed by atoms with Gasteiger partial charge in [-0.05, 0) is 54.7 Å². The summed E-state index contributed by atoms with van der Waals surface area (Å²) in [6.07, 6.45) is 11.5. The van der Waals surface area contributed by atoms with Crippen molar-refractivity contribution in [2.75, 3.05) is 0 Å². The maximum absolute atomic E-state index is 11.1. The van der Waals surface area contributed by atoms with Crippen LogP contribution in [0.25, 0.3) is 17.7 Å². The first-order chi connectivity index (χ1) is 11.6. The minimum absolute atomic E-state index is 0.204. The topological polar surface area (TPSA) is 43.1 Å². The summed E-state index contributed by atoms with van der Waals surface area (Å²) in [4.78, 5) is 10.8. The van der Waals surface area contributed by atoms with Crippen LogP contribution < -0.4 is 0 Å². The molecule has 0 aliphatic heterocycles. The zero-order chi connectivity index (χ0) is 17.1. The Morgan fingerprint density at radius 1 is 1.08 bits per heavy atom. The molecule has 0 unspecified atom stereocenters. The van der Waals surface area contributed by atoms with Gasteiger partial charge in [0, 0.05) is 11.1 Å². The first-order valence-electron chi connectivity index (χ1n) is 7.96. The van der Waals surface area contributed by atoms with E-state index in [0.717, 1.165) is 12.0 Å². The number of benzene rings is 2. The minimum Gasteiger partial charge on any atom is -0.258 e. The third-order valence-corrected chi connectivity index (χ3v) is 4.19. The highest BCUT2D eigenvalue weighted by Crippen LogP contribution is 2.28. The van der Waals surface area contributed by atoms with Crippen LogP contribution in [-0.2, 0) is 0 Å². The van der Waals surface area contributed by atoms with Gasteiger partial charge in [0.1, 0.15) is 0 Å². The Balaban J connectivity index is 1.95. The van der Waals surface area contributed by atoms with Gasteiger partial charge in [-0.3, -0.25) is 10.1 Å². The fourth-order valence-electron chi connectivity index (χ4n) is 3.12. The first-order valence-corrected chi connectivity index (χ1v) is 7.96. The molecule has 0 heterocycles. The Bertz CT molecular complexity index is 865. The molecule has 0 saturated carbocycles. The molecule has 0 bridgehead atoms. The molecule has 0 spiro atoms. The Morgan fingerprint density at radius 3 is 2.50 bits per heavy atom. The van der Waals surface area contributed by atoms with E-state index < -0.39 is 0 Å². The van der Waals surface area contributed by atoms with Crippen molar-refractivity contribution in [3.63, 3.8) is 0 Å². The number of nitro groups is 1. The van der Waals surface area contributed by atoms with Crippen molar-refractivity contribution >= 4 is 23.4 Å². The SMILES string of the molecule is Cc1cc(/C=C/C2=CCC=Cc3ccccc32)cc(C)c1[N+](=O)[O-]. The molecule has 120 valence electrons. The van der Waals surface area contributed by atoms with Crippen LogP contribution in [0.3, 0.4) is 0 Å². The van der Waals surface area contributed by atoms with Gasteiger partial charge in [-0.2, -0.15) is 0 Å². The van der Waals surface area contributed by atoms with Gasteiger partial charge in [0.05, 0.1) is 4.92 Å². The van der Waals surface area contributed by atoms with Gasteiger partial charge in [0.25, 0.3) is 5.69 Å². The Hall–Kier alpha value is -2.94. The number of nitro benzene ring substituents is 1. The maximum Gasteiger partial charge on any atom is 0.275 e. The molecule has 0 atom stereocenters. The van der Waals surface area contributed by atoms with E-state index in [1.807, 2.05) is 30.3 Å². The molecule has 0 fully saturated rings. The molecular weight excluding hydrogens is 298 g/mol. The summed E-state index contributed by atoms with van der Waals surface area (Å²) in [7, 11) is 0. The van der Waals surface area contributed by atoms with Crippen molar-refractivity contribution in [3.05, 3.63) is 92.6 Å². The number of aryl methyl sites for hydroxylation is 2. The smallest absolute Gasteiger partial charge is 0.258 e. The lowest BCUT2D eigenvalue weighted by Gasteiger charge is -2.07. The summed E-state index contributed by atoms with van der Waals surface area (Å²) >= 11 is 0. The zero-order valence-corrected chi connectivity index (χ0v) is 13.8. The van der Waals surface area contributed by atoms with Crippen molar-refractivity contribution in [3.8, 4) is 0 Å². The fraction of sp³-hybridized carbons (Fsp3) is 0.143. The Kier molecular flexibility index (Phi) is 4.43. The molecule has 3 rings (SSSR count). The highest BCUT2D eigenvalue weighted by atomic mass is 16.6. The van der Waals surface area contributed by atoms with E-state index in [1.54, 1.807) is 13.8 Å². The monoisotopic (exact) mass is 317 g/mol. The summed E-state index contributed by atoms with van der Waals surface area (Å²) in [6.45, 7) is 3.57. The van der Waals surface area contributed by atoms with E-state index in [-0.39, 0.29) is 10.6 Å². The van der Waals surface area contributed by atoms with Crippen molar-refractivity contribution in [2.24, 2.45) is 0 Å². The molecule has 3 nitrogen and oxygen atoms in total. The van der Waals surface area contributed by atoms with Crippen molar-refractivity contribution in [1.82, 2.24) is 0 Å². The van der Waals surface area contributed by atoms with Crippen LogP contribution in [0.1, 0.15) is 34.2 Å². The maximum atomic E-state index is 11.1. The second-order valence-corrected chi connectivity index (χ2v) is 5.98. The summed E-state index contributed by atoms with van der Waals surface area (Å²) in [5, 5.41) is 11.1.